The van der Waals surface area contributed by atoms with E-state index in [-0.39, 0.29) is 17.2 Å². The van der Waals surface area contributed by atoms with E-state index in [1.807, 2.05) is 12.1 Å². The molecule has 0 atom stereocenters. The number of amides is 1. The van der Waals surface area contributed by atoms with Gasteiger partial charge in [-0.05, 0) is 18.6 Å². The smallest absolute Gasteiger partial charge is 0.255 e. The van der Waals surface area contributed by atoms with E-state index in [1.54, 1.807) is 18.3 Å². The summed E-state index contributed by atoms with van der Waals surface area (Å²) in [4.78, 5) is 16.3. The third kappa shape index (κ3) is 4.20. The first-order chi connectivity index (χ1) is 10.7. The summed E-state index contributed by atoms with van der Waals surface area (Å²) in [5, 5.41) is 13.9. The lowest BCUT2D eigenvalue weighted by atomic mass is 10.1. The second-order valence-corrected chi connectivity index (χ2v) is 5.56. The van der Waals surface area contributed by atoms with Crippen LogP contribution in [0.1, 0.15) is 55.8 Å². The van der Waals surface area contributed by atoms with Crippen LogP contribution in [-0.4, -0.2) is 22.5 Å². The maximum absolute atomic E-state index is 12.1. The van der Waals surface area contributed by atoms with Crippen molar-refractivity contribution in [3.05, 3.63) is 36.0 Å². The second-order valence-electron chi connectivity index (χ2n) is 5.56. The van der Waals surface area contributed by atoms with Gasteiger partial charge in [0, 0.05) is 18.1 Å². The number of nitrogens with one attached hydrogen (secondary N) is 1. The summed E-state index contributed by atoms with van der Waals surface area (Å²) in [6.07, 6.45) is 8.72. The SMILES string of the molecule is CCCCCCCCNC(=O)c1ccc2cccnc2c1O. The maximum atomic E-state index is 12.1. The van der Waals surface area contributed by atoms with Crippen LogP contribution in [0.25, 0.3) is 10.9 Å². The molecule has 0 radical (unpaired) electrons. The van der Waals surface area contributed by atoms with Gasteiger partial charge in [0.2, 0.25) is 0 Å². The molecule has 0 aliphatic carbocycles. The Balaban J connectivity index is 1.86. The van der Waals surface area contributed by atoms with Gasteiger partial charge in [0.25, 0.3) is 5.91 Å². The number of unbranched alkanes of at least 4 members (excludes halogenated alkanes) is 5. The topological polar surface area (TPSA) is 62.2 Å². The first kappa shape index (κ1) is 16.3. The van der Waals surface area contributed by atoms with Gasteiger partial charge in [-0.3, -0.25) is 9.78 Å². The molecule has 1 aromatic heterocycles. The molecule has 1 amide bonds. The number of fused-ring (bicyclic) bond motifs is 1. The zero-order chi connectivity index (χ0) is 15.8. The molecule has 0 unspecified atom stereocenters. The summed E-state index contributed by atoms with van der Waals surface area (Å²) in [6.45, 7) is 2.84. The van der Waals surface area contributed by atoms with Crippen LogP contribution in [0.5, 0.6) is 5.75 Å². The zero-order valence-electron chi connectivity index (χ0n) is 13.1. The molecule has 118 valence electrons. The van der Waals surface area contributed by atoms with E-state index in [1.165, 1.54) is 25.7 Å². The molecule has 2 aromatic rings. The van der Waals surface area contributed by atoms with Crippen molar-refractivity contribution < 1.29 is 9.90 Å². The van der Waals surface area contributed by atoms with Gasteiger partial charge in [0.15, 0.2) is 5.75 Å². The van der Waals surface area contributed by atoms with Crippen LogP contribution in [0.15, 0.2) is 30.5 Å². The molecule has 1 heterocycles. The Labute approximate surface area is 131 Å². The van der Waals surface area contributed by atoms with Crippen LogP contribution >= 0.6 is 0 Å². The van der Waals surface area contributed by atoms with Crippen LogP contribution in [0.4, 0.5) is 0 Å². The summed E-state index contributed by atoms with van der Waals surface area (Å²) < 4.78 is 0. The van der Waals surface area contributed by atoms with Crippen LogP contribution in [0.2, 0.25) is 0 Å². The van der Waals surface area contributed by atoms with Gasteiger partial charge in [-0.25, -0.2) is 0 Å². The fourth-order valence-electron chi connectivity index (χ4n) is 2.52. The maximum Gasteiger partial charge on any atom is 0.255 e. The zero-order valence-corrected chi connectivity index (χ0v) is 13.1. The van der Waals surface area contributed by atoms with Gasteiger partial charge in [-0.1, -0.05) is 51.2 Å². The predicted molar refractivity (Wildman–Crippen MR) is 89.1 cm³/mol. The molecule has 22 heavy (non-hydrogen) atoms. The lowest BCUT2D eigenvalue weighted by molar-refractivity contribution is 0.0950. The van der Waals surface area contributed by atoms with Crippen LogP contribution in [0, 0.1) is 0 Å². The van der Waals surface area contributed by atoms with Crippen molar-refractivity contribution in [1.29, 1.82) is 0 Å². The quantitative estimate of drug-likeness (QED) is 0.723. The molecule has 0 saturated carbocycles. The van der Waals surface area contributed by atoms with Gasteiger partial charge in [0.05, 0.1) is 5.56 Å². The monoisotopic (exact) mass is 300 g/mol. The summed E-state index contributed by atoms with van der Waals surface area (Å²) in [7, 11) is 0. The average Bonchev–Trinajstić information content (AvgIpc) is 2.54. The molecule has 0 aliphatic heterocycles. The molecule has 4 nitrogen and oxygen atoms in total. The highest BCUT2D eigenvalue weighted by atomic mass is 16.3. The van der Waals surface area contributed by atoms with E-state index >= 15 is 0 Å². The number of carbonyl (C=O) groups is 1. The van der Waals surface area contributed by atoms with Gasteiger partial charge in [0.1, 0.15) is 5.52 Å². The number of phenolic OH excluding ortho intramolecular Hbond substituents is 1. The summed E-state index contributed by atoms with van der Waals surface area (Å²) in [5.41, 5.74) is 0.756. The largest absolute Gasteiger partial charge is 0.505 e. The van der Waals surface area contributed by atoms with Crippen molar-refractivity contribution in [1.82, 2.24) is 10.3 Å². The van der Waals surface area contributed by atoms with Crippen molar-refractivity contribution in [2.45, 2.75) is 45.4 Å². The van der Waals surface area contributed by atoms with E-state index in [2.05, 4.69) is 17.2 Å². The first-order valence-corrected chi connectivity index (χ1v) is 8.09. The van der Waals surface area contributed by atoms with Gasteiger partial charge in [-0.15, -0.1) is 0 Å². The number of nitrogens with zero attached hydrogens (tertiary/aromatic N) is 1. The Morgan fingerprint density at radius 3 is 2.73 bits per heavy atom. The minimum atomic E-state index is -0.237. The summed E-state index contributed by atoms with van der Waals surface area (Å²) in [5.74, 6) is -0.280. The number of phenols is 1. The molecule has 0 bridgehead atoms. The number of hydrogen-bond donors (Lipinski definition) is 2. The predicted octanol–water partition coefficient (Wildman–Crippen LogP) is 4.03. The molecule has 1 aromatic carbocycles. The van der Waals surface area contributed by atoms with Gasteiger partial charge >= 0.3 is 0 Å². The minimum Gasteiger partial charge on any atom is -0.505 e. The number of carbonyl (C=O) groups excluding carboxylic acids is 1. The van der Waals surface area contributed by atoms with Crippen molar-refractivity contribution in [2.75, 3.05) is 6.54 Å². The highest BCUT2D eigenvalue weighted by molar-refractivity contribution is 6.02. The molecule has 0 fully saturated rings. The minimum absolute atomic E-state index is 0.0430. The number of aromatic nitrogens is 1. The molecule has 2 N–H and O–H groups in total. The number of hydrogen-bond acceptors (Lipinski definition) is 3. The standard InChI is InChI=1S/C18H24N2O2/c1-2-3-4-5-6-7-12-20-18(22)15-11-10-14-9-8-13-19-16(14)17(15)21/h8-11,13,21H,2-7,12H2,1H3,(H,20,22). The van der Waals surface area contributed by atoms with E-state index in [0.717, 1.165) is 18.2 Å². The van der Waals surface area contributed by atoms with Crippen LogP contribution < -0.4 is 5.32 Å². The van der Waals surface area contributed by atoms with Crippen molar-refractivity contribution in [3.8, 4) is 5.75 Å². The van der Waals surface area contributed by atoms with Gasteiger partial charge in [-0.2, -0.15) is 0 Å². The Morgan fingerprint density at radius 2 is 1.91 bits per heavy atom. The number of benzene rings is 1. The molecule has 0 spiro atoms. The fourth-order valence-corrected chi connectivity index (χ4v) is 2.52. The normalized spacial score (nSPS) is 10.8. The van der Waals surface area contributed by atoms with E-state index in [0.29, 0.717) is 12.1 Å². The van der Waals surface area contributed by atoms with Gasteiger partial charge < -0.3 is 10.4 Å². The number of rotatable bonds is 8. The Kier molecular flexibility index (Phi) is 6.19. The molecule has 4 heteroatoms. The molecule has 0 aliphatic rings. The highest BCUT2D eigenvalue weighted by Gasteiger charge is 2.13. The van der Waals surface area contributed by atoms with Crippen molar-refractivity contribution >= 4 is 16.8 Å². The van der Waals surface area contributed by atoms with E-state index in [4.69, 9.17) is 0 Å². The number of pyridine rings is 1. The summed E-state index contributed by atoms with van der Waals surface area (Å²) in [6, 6.07) is 7.12. The fraction of sp³-hybridized carbons (Fsp3) is 0.444. The Hall–Kier alpha value is -2.10. The molecular formula is C18H24N2O2. The Morgan fingerprint density at radius 1 is 1.14 bits per heavy atom. The summed E-state index contributed by atoms with van der Waals surface area (Å²) >= 11 is 0. The third-order valence-corrected chi connectivity index (χ3v) is 3.81. The lowest BCUT2D eigenvalue weighted by Crippen LogP contribution is -2.24. The molecular weight excluding hydrogens is 276 g/mol. The van der Waals surface area contributed by atoms with Crippen LogP contribution in [0.3, 0.4) is 0 Å². The number of aromatic hydroxyl groups is 1. The lowest BCUT2D eigenvalue weighted by Gasteiger charge is -2.08. The van der Waals surface area contributed by atoms with E-state index in [9.17, 15) is 9.90 Å². The first-order valence-electron chi connectivity index (χ1n) is 8.09. The molecule has 2 rings (SSSR count). The third-order valence-electron chi connectivity index (χ3n) is 3.81. The molecule has 0 saturated heterocycles. The second kappa shape index (κ2) is 8.37. The van der Waals surface area contributed by atoms with Crippen molar-refractivity contribution in [2.24, 2.45) is 0 Å². The highest BCUT2D eigenvalue weighted by Crippen LogP contribution is 2.26. The average molecular weight is 300 g/mol. The Bertz CT molecular complexity index is 626. The van der Waals surface area contributed by atoms with E-state index < -0.39 is 0 Å². The van der Waals surface area contributed by atoms with Crippen LogP contribution in [-0.2, 0) is 0 Å². The van der Waals surface area contributed by atoms with Crippen molar-refractivity contribution in [3.63, 3.8) is 0 Å².